The first-order chi connectivity index (χ1) is 8.02. The van der Waals surface area contributed by atoms with Crippen molar-refractivity contribution >= 4 is 16.5 Å². The number of thiazole rings is 1. The van der Waals surface area contributed by atoms with Gasteiger partial charge in [0.15, 0.2) is 5.13 Å². The summed E-state index contributed by atoms with van der Waals surface area (Å²) in [4.78, 5) is 8.10. The molecule has 3 nitrogen and oxygen atoms in total. The molecule has 0 aliphatic carbocycles. The minimum Gasteiger partial charge on any atom is -0.362 e. The maximum absolute atomic E-state index is 4.36. The zero-order valence-corrected chi connectivity index (χ0v) is 12.5. The van der Waals surface area contributed by atoms with Crippen molar-refractivity contribution in [2.45, 2.75) is 46.7 Å². The van der Waals surface area contributed by atoms with Gasteiger partial charge in [0.1, 0.15) is 0 Å². The molecular weight excluding hydrogens is 230 g/mol. The van der Waals surface area contributed by atoms with Crippen molar-refractivity contribution in [3.8, 4) is 0 Å². The number of nitrogens with zero attached hydrogens (tertiary/aromatic N) is 2. The highest BCUT2D eigenvalue weighted by molar-refractivity contribution is 7.15. The van der Waals surface area contributed by atoms with Gasteiger partial charge >= 0.3 is 0 Å². The van der Waals surface area contributed by atoms with Gasteiger partial charge in [-0.2, -0.15) is 0 Å². The number of aromatic nitrogens is 1. The lowest BCUT2D eigenvalue weighted by molar-refractivity contribution is 0.222. The van der Waals surface area contributed by atoms with Crippen LogP contribution in [0.5, 0.6) is 0 Å². The Balaban J connectivity index is 2.46. The summed E-state index contributed by atoms with van der Waals surface area (Å²) < 4.78 is 0. The van der Waals surface area contributed by atoms with Gasteiger partial charge in [-0.05, 0) is 33.2 Å². The fourth-order valence-corrected chi connectivity index (χ4v) is 2.82. The molecular formula is C13H25N3S. The zero-order valence-electron chi connectivity index (χ0n) is 11.7. The molecule has 0 spiro atoms. The lowest BCUT2D eigenvalue weighted by Crippen LogP contribution is -2.29. The predicted molar refractivity (Wildman–Crippen MR) is 76.7 cm³/mol. The Labute approximate surface area is 109 Å². The minimum atomic E-state index is 0.625. The first-order valence-corrected chi connectivity index (χ1v) is 7.23. The van der Waals surface area contributed by atoms with E-state index in [2.05, 4.69) is 49.9 Å². The van der Waals surface area contributed by atoms with E-state index in [0.29, 0.717) is 6.04 Å². The number of hydrogen-bond donors (Lipinski definition) is 1. The van der Waals surface area contributed by atoms with Gasteiger partial charge in [0.05, 0.1) is 0 Å². The molecule has 1 aromatic rings. The lowest BCUT2D eigenvalue weighted by atomic mass is 10.0. The molecule has 0 fully saturated rings. The summed E-state index contributed by atoms with van der Waals surface area (Å²) in [7, 11) is 2.19. The average Bonchev–Trinajstić information content (AvgIpc) is 2.65. The van der Waals surface area contributed by atoms with Crippen molar-refractivity contribution in [2.24, 2.45) is 5.92 Å². The summed E-state index contributed by atoms with van der Waals surface area (Å²) in [6, 6.07) is 0.625. The van der Waals surface area contributed by atoms with Crippen LogP contribution in [0.4, 0.5) is 5.13 Å². The number of hydrogen-bond acceptors (Lipinski definition) is 4. The van der Waals surface area contributed by atoms with E-state index >= 15 is 0 Å². The van der Waals surface area contributed by atoms with Crippen LogP contribution in [0.3, 0.4) is 0 Å². The topological polar surface area (TPSA) is 28.2 Å². The normalized spacial score (nSPS) is 13.4. The third-order valence-electron chi connectivity index (χ3n) is 2.85. The highest BCUT2D eigenvalue weighted by Crippen LogP contribution is 2.20. The van der Waals surface area contributed by atoms with Crippen LogP contribution in [-0.4, -0.2) is 29.5 Å². The van der Waals surface area contributed by atoms with Crippen LogP contribution in [0, 0.1) is 5.92 Å². The Hall–Kier alpha value is -0.610. The van der Waals surface area contributed by atoms with Crippen LogP contribution in [0.15, 0.2) is 6.20 Å². The van der Waals surface area contributed by atoms with E-state index in [0.717, 1.165) is 24.1 Å². The Morgan fingerprint density at radius 3 is 2.71 bits per heavy atom. The molecule has 0 saturated heterocycles. The first kappa shape index (κ1) is 14.5. The monoisotopic (exact) mass is 255 g/mol. The molecule has 1 atom stereocenters. The van der Waals surface area contributed by atoms with Crippen molar-refractivity contribution < 1.29 is 0 Å². The second kappa shape index (κ2) is 6.97. The van der Waals surface area contributed by atoms with Gasteiger partial charge in [-0.1, -0.05) is 13.8 Å². The summed E-state index contributed by atoms with van der Waals surface area (Å²) in [5.41, 5.74) is 0. The fourth-order valence-electron chi connectivity index (χ4n) is 1.88. The third kappa shape index (κ3) is 5.04. The second-order valence-electron chi connectivity index (χ2n) is 5.06. The second-order valence-corrected chi connectivity index (χ2v) is 6.17. The van der Waals surface area contributed by atoms with Crippen LogP contribution in [-0.2, 0) is 6.54 Å². The van der Waals surface area contributed by atoms with Gasteiger partial charge in [0, 0.05) is 30.2 Å². The molecule has 0 aliphatic heterocycles. The quantitative estimate of drug-likeness (QED) is 0.809. The Bertz CT molecular complexity index is 322. The highest BCUT2D eigenvalue weighted by Gasteiger charge is 2.12. The molecule has 1 rings (SSSR count). The SMILES string of the molecule is CCNc1ncc(CN(C)C(C)CC(C)C)s1. The standard InChI is InChI=1S/C13H25N3S/c1-6-14-13-15-8-12(17-13)9-16(5)11(4)7-10(2)3/h8,10-11H,6-7,9H2,1-5H3,(H,14,15). The molecule has 1 unspecified atom stereocenters. The minimum absolute atomic E-state index is 0.625. The molecule has 0 bridgehead atoms. The summed E-state index contributed by atoms with van der Waals surface area (Å²) >= 11 is 1.76. The molecule has 0 amide bonds. The molecule has 1 aromatic heterocycles. The van der Waals surface area contributed by atoms with Crippen LogP contribution in [0.1, 0.15) is 39.0 Å². The fraction of sp³-hybridized carbons (Fsp3) is 0.769. The van der Waals surface area contributed by atoms with Crippen molar-refractivity contribution in [1.29, 1.82) is 0 Å². The van der Waals surface area contributed by atoms with Gasteiger partial charge < -0.3 is 5.32 Å². The van der Waals surface area contributed by atoms with Crippen LogP contribution in [0.25, 0.3) is 0 Å². The van der Waals surface area contributed by atoms with Gasteiger partial charge in [-0.3, -0.25) is 4.90 Å². The number of rotatable bonds is 7. The third-order valence-corrected chi connectivity index (χ3v) is 3.79. The molecule has 1 heterocycles. The summed E-state index contributed by atoms with van der Waals surface area (Å²) in [5, 5.41) is 4.29. The number of anilines is 1. The van der Waals surface area contributed by atoms with Crippen LogP contribution >= 0.6 is 11.3 Å². The maximum atomic E-state index is 4.36. The van der Waals surface area contributed by atoms with Crippen molar-refractivity contribution in [1.82, 2.24) is 9.88 Å². The van der Waals surface area contributed by atoms with E-state index in [1.165, 1.54) is 11.3 Å². The van der Waals surface area contributed by atoms with Crippen molar-refractivity contribution in [3.05, 3.63) is 11.1 Å². The lowest BCUT2D eigenvalue weighted by Gasteiger charge is -2.25. The van der Waals surface area contributed by atoms with E-state index in [4.69, 9.17) is 0 Å². The molecule has 4 heteroatoms. The van der Waals surface area contributed by atoms with E-state index in [1.807, 2.05) is 6.20 Å². The van der Waals surface area contributed by atoms with Gasteiger partial charge in [-0.25, -0.2) is 4.98 Å². The van der Waals surface area contributed by atoms with E-state index in [9.17, 15) is 0 Å². The van der Waals surface area contributed by atoms with Gasteiger partial charge in [0.2, 0.25) is 0 Å². The first-order valence-electron chi connectivity index (χ1n) is 6.41. The Morgan fingerprint density at radius 2 is 2.12 bits per heavy atom. The Kier molecular flexibility index (Phi) is 5.92. The molecule has 0 aliphatic rings. The number of nitrogens with one attached hydrogen (secondary N) is 1. The van der Waals surface area contributed by atoms with E-state index in [-0.39, 0.29) is 0 Å². The molecule has 0 aromatic carbocycles. The van der Waals surface area contributed by atoms with Gasteiger partial charge in [-0.15, -0.1) is 11.3 Å². The molecule has 1 N–H and O–H groups in total. The highest BCUT2D eigenvalue weighted by atomic mass is 32.1. The van der Waals surface area contributed by atoms with E-state index < -0.39 is 0 Å². The van der Waals surface area contributed by atoms with Crippen molar-refractivity contribution in [2.75, 3.05) is 18.9 Å². The molecule has 17 heavy (non-hydrogen) atoms. The summed E-state index contributed by atoms with van der Waals surface area (Å²) in [6.45, 7) is 10.9. The smallest absolute Gasteiger partial charge is 0.182 e. The predicted octanol–water partition coefficient (Wildman–Crippen LogP) is 3.44. The summed E-state index contributed by atoms with van der Waals surface area (Å²) in [6.07, 6.45) is 3.23. The summed E-state index contributed by atoms with van der Waals surface area (Å²) in [5.74, 6) is 0.756. The molecule has 0 radical (unpaired) electrons. The average molecular weight is 255 g/mol. The largest absolute Gasteiger partial charge is 0.362 e. The maximum Gasteiger partial charge on any atom is 0.182 e. The zero-order chi connectivity index (χ0) is 12.8. The molecule has 0 saturated carbocycles. The van der Waals surface area contributed by atoms with Gasteiger partial charge in [0.25, 0.3) is 0 Å². The van der Waals surface area contributed by atoms with Crippen LogP contribution < -0.4 is 5.32 Å². The van der Waals surface area contributed by atoms with Crippen LogP contribution in [0.2, 0.25) is 0 Å². The molecule has 98 valence electrons. The van der Waals surface area contributed by atoms with E-state index in [1.54, 1.807) is 11.3 Å². The Morgan fingerprint density at radius 1 is 1.41 bits per heavy atom. The van der Waals surface area contributed by atoms with Crippen molar-refractivity contribution in [3.63, 3.8) is 0 Å².